The summed E-state index contributed by atoms with van der Waals surface area (Å²) in [5.41, 5.74) is -0.458. The highest BCUT2D eigenvalue weighted by Crippen LogP contribution is 2.52. The lowest BCUT2D eigenvalue weighted by molar-refractivity contribution is -0.130. The van der Waals surface area contributed by atoms with Crippen LogP contribution in [0.15, 0.2) is 0 Å². The van der Waals surface area contributed by atoms with E-state index in [1.807, 2.05) is 25.7 Å². The molecule has 2 fully saturated rings. The minimum absolute atomic E-state index is 0.00800. The van der Waals surface area contributed by atoms with Crippen molar-refractivity contribution in [3.8, 4) is 0 Å². The number of carbonyl (C=O) groups excluding carboxylic acids is 3. The summed E-state index contributed by atoms with van der Waals surface area (Å²) in [7, 11) is 0. The van der Waals surface area contributed by atoms with Crippen molar-refractivity contribution in [1.29, 1.82) is 0 Å². The number of carbonyl (C=O) groups is 3. The SMILES string of the molecule is CC(C)(C)OC(=O)N[C@H]1CN(C(=O)CCCCCC=O)CC12CC2. The third-order valence-electron chi connectivity index (χ3n) is 4.80. The first kappa shape index (κ1) is 18.7. The zero-order valence-corrected chi connectivity index (χ0v) is 15.1. The summed E-state index contributed by atoms with van der Waals surface area (Å²) < 4.78 is 5.34. The molecule has 1 N–H and O–H groups in total. The fraction of sp³-hybridized carbons (Fsp3) is 0.833. The Bertz CT molecular complexity index is 480. The quantitative estimate of drug-likeness (QED) is 0.572. The molecule has 1 spiro atoms. The van der Waals surface area contributed by atoms with Gasteiger partial charge in [-0.15, -0.1) is 0 Å². The highest BCUT2D eigenvalue weighted by atomic mass is 16.6. The van der Waals surface area contributed by atoms with Gasteiger partial charge in [-0.25, -0.2) is 4.79 Å². The van der Waals surface area contributed by atoms with E-state index in [0.717, 1.165) is 44.9 Å². The Morgan fingerprint density at radius 2 is 1.96 bits per heavy atom. The second kappa shape index (κ2) is 7.53. The maximum absolute atomic E-state index is 12.4. The van der Waals surface area contributed by atoms with Gasteiger partial charge in [0.05, 0.1) is 6.04 Å². The highest BCUT2D eigenvalue weighted by molar-refractivity contribution is 5.77. The Morgan fingerprint density at radius 1 is 1.25 bits per heavy atom. The van der Waals surface area contributed by atoms with Gasteiger partial charge in [-0.3, -0.25) is 4.79 Å². The van der Waals surface area contributed by atoms with Crippen molar-refractivity contribution < 1.29 is 19.1 Å². The van der Waals surface area contributed by atoms with Crippen LogP contribution in [0.1, 0.15) is 65.7 Å². The fourth-order valence-electron chi connectivity index (χ4n) is 3.31. The molecule has 1 atom stereocenters. The molecule has 0 bridgehead atoms. The summed E-state index contributed by atoms with van der Waals surface area (Å²) >= 11 is 0. The highest BCUT2D eigenvalue weighted by Gasteiger charge is 2.56. The zero-order valence-electron chi connectivity index (χ0n) is 15.1. The van der Waals surface area contributed by atoms with Crippen LogP contribution in [-0.2, 0) is 14.3 Å². The zero-order chi connectivity index (χ0) is 17.8. The van der Waals surface area contributed by atoms with Crippen LogP contribution in [0.25, 0.3) is 0 Å². The molecule has 6 heteroatoms. The molecule has 6 nitrogen and oxygen atoms in total. The number of alkyl carbamates (subject to hydrolysis) is 1. The van der Waals surface area contributed by atoms with E-state index in [0.29, 0.717) is 19.4 Å². The molecular formula is C18H30N2O4. The van der Waals surface area contributed by atoms with Gasteiger partial charge in [0.1, 0.15) is 11.9 Å². The molecular weight excluding hydrogens is 308 g/mol. The maximum atomic E-state index is 12.4. The van der Waals surface area contributed by atoms with Gasteiger partial charge in [0.15, 0.2) is 0 Å². The number of aldehydes is 1. The minimum Gasteiger partial charge on any atom is -0.444 e. The molecule has 1 aliphatic heterocycles. The van der Waals surface area contributed by atoms with Gasteiger partial charge in [-0.1, -0.05) is 6.42 Å². The van der Waals surface area contributed by atoms with Crippen molar-refractivity contribution in [1.82, 2.24) is 10.2 Å². The second-order valence-electron chi connectivity index (χ2n) is 8.10. The van der Waals surface area contributed by atoms with Crippen LogP contribution in [-0.4, -0.2) is 47.9 Å². The average molecular weight is 338 g/mol. The molecule has 0 radical (unpaired) electrons. The van der Waals surface area contributed by atoms with Crippen LogP contribution < -0.4 is 5.32 Å². The molecule has 24 heavy (non-hydrogen) atoms. The topological polar surface area (TPSA) is 75.7 Å². The summed E-state index contributed by atoms with van der Waals surface area (Å²) in [6.07, 6.45) is 6.30. The average Bonchev–Trinajstić information content (AvgIpc) is 3.15. The Balaban J connectivity index is 1.78. The van der Waals surface area contributed by atoms with Crippen LogP contribution in [0.4, 0.5) is 4.79 Å². The first-order valence-electron chi connectivity index (χ1n) is 8.97. The molecule has 0 aromatic heterocycles. The molecule has 0 aromatic rings. The van der Waals surface area contributed by atoms with Gasteiger partial charge >= 0.3 is 6.09 Å². The van der Waals surface area contributed by atoms with E-state index in [-0.39, 0.29) is 17.4 Å². The van der Waals surface area contributed by atoms with Gasteiger partial charge < -0.3 is 19.7 Å². The van der Waals surface area contributed by atoms with E-state index in [9.17, 15) is 14.4 Å². The van der Waals surface area contributed by atoms with Crippen LogP contribution in [0, 0.1) is 5.41 Å². The Labute approximate surface area is 144 Å². The smallest absolute Gasteiger partial charge is 0.407 e. The Kier molecular flexibility index (Phi) is 5.88. The number of unbranched alkanes of at least 4 members (excludes halogenated alkanes) is 3. The number of hydrogen-bond acceptors (Lipinski definition) is 4. The fourth-order valence-corrected chi connectivity index (χ4v) is 3.31. The molecule has 1 saturated heterocycles. The molecule has 1 aliphatic carbocycles. The molecule has 0 unspecified atom stereocenters. The number of rotatable bonds is 7. The van der Waals surface area contributed by atoms with E-state index < -0.39 is 11.7 Å². The standard InChI is InChI=1S/C18H30N2O4/c1-17(2,3)24-16(23)19-14-12-20(13-18(14)9-10-18)15(22)8-6-4-5-7-11-21/h11,14H,4-10,12-13H2,1-3H3,(H,19,23)/t14-/m0/s1. The van der Waals surface area contributed by atoms with E-state index in [1.54, 1.807) is 0 Å². The Hall–Kier alpha value is -1.59. The normalized spacial score (nSPS) is 21.6. The summed E-state index contributed by atoms with van der Waals surface area (Å²) in [6.45, 7) is 6.84. The predicted octanol–water partition coefficient (Wildman–Crippen LogP) is 2.65. The van der Waals surface area contributed by atoms with Crippen LogP contribution >= 0.6 is 0 Å². The molecule has 2 aliphatic rings. The van der Waals surface area contributed by atoms with Crippen LogP contribution in [0.3, 0.4) is 0 Å². The van der Waals surface area contributed by atoms with Crippen molar-refractivity contribution in [3.63, 3.8) is 0 Å². The number of likely N-dealkylation sites (tertiary alicyclic amines) is 1. The molecule has 0 aromatic carbocycles. The minimum atomic E-state index is -0.517. The van der Waals surface area contributed by atoms with E-state index >= 15 is 0 Å². The van der Waals surface area contributed by atoms with Gasteiger partial charge in [0.2, 0.25) is 5.91 Å². The first-order valence-corrected chi connectivity index (χ1v) is 8.97. The number of nitrogens with one attached hydrogen (secondary N) is 1. The number of hydrogen-bond donors (Lipinski definition) is 1. The van der Waals surface area contributed by atoms with Gasteiger partial charge in [0.25, 0.3) is 0 Å². The van der Waals surface area contributed by atoms with E-state index in [1.165, 1.54) is 0 Å². The van der Waals surface area contributed by atoms with E-state index in [4.69, 9.17) is 4.74 Å². The summed E-state index contributed by atoms with van der Waals surface area (Å²) in [4.78, 5) is 36.5. The molecule has 2 amide bonds. The van der Waals surface area contributed by atoms with Crippen molar-refractivity contribution in [2.24, 2.45) is 5.41 Å². The van der Waals surface area contributed by atoms with Crippen LogP contribution in [0.2, 0.25) is 0 Å². The number of ether oxygens (including phenoxy) is 1. The maximum Gasteiger partial charge on any atom is 0.407 e. The van der Waals surface area contributed by atoms with Gasteiger partial charge in [-0.2, -0.15) is 0 Å². The van der Waals surface area contributed by atoms with Crippen molar-refractivity contribution in [2.45, 2.75) is 77.4 Å². The summed E-state index contributed by atoms with van der Waals surface area (Å²) in [6, 6.07) is -0.00800. The predicted molar refractivity (Wildman–Crippen MR) is 90.6 cm³/mol. The molecule has 136 valence electrons. The molecule has 2 rings (SSSR count). The lowest BCUT2D eigenvalue weighted by Crippen LogP contribution is -2.44. The van der Waals surface area contributed by atoms with Gasteiger partial charge in [0, 0.05) is 31.3 Å². The van der Waals surface area contributed by atoms with E-state index in [2.05, 4.69) is 5.32 Å². The summed E-state index contributed by atoms with van der Waals surface area (Å²) in [5, 5.41) is 2.96. The third-order valence-corrected chi connectivity index (χ3v) is 4.80. The Morgan fingerprint density at radius 3 is 2.54 bits per heavy atom. The van der Waals surface area contributed by atoms with Crippen molar-refractivity contribution in [2.75, 3.05) is 13.1 Å². The lowest BCUT2D eigenvalue weighted by Gasteiger charge is -2.23. The molecule has 1 heterocycles. The number of amides is 2. The van der Waals surface area contributed by atoms with Crippen molar-refractivity contribution >= 4 is 18.3 Å². The van der Waals surface area contributed by atoms with Crippen LogP contribution in [0.5, 0.6) is 0 Å². The second-order valence-corrected chi connectivity index (χ2v) is 8.10. The van der Waals surface area contributed by atoms with Crippen molar-refractivity contribution in [3.05, 3.63) is 0 Å². The first-order chi connectivity index (χ1) is 11.3. The third kappa shape index (κ3) is 5.21. The largest absolute Gasteiger partial charge is 0.444 e. The lowest BCUT2D eigenvalue weighted by atomic mass is 10.0. The monoisotopic (exact) mass is 338 g/mol. The summed E-state index contributed by atoms with van der Waals surface area (Å²) in [5.74, 6) is 0.154. The molecule has 1 saturated carbocycles. The number of nitrogens with zero attached hydrogens (tertiary/aromatic N) is 1. The van der Waals surface area contributed by atoms with Gasteiger partial charge in [-0.05, 0) is 46.5 Å².